The number of hydrogen-bond donors (Lipinski definition) is 0. The minimum atomic E-state index is -4.44. The van der Waals surface area contributed by atoms with Crippen LogP contribution in [-0.4, -0.2) is 15.3 Å². The molecular formula is C26H27Cl2F3N2O. The van der Waals surface area contributed by atoms with Crippen LogP contribution >= 0.6 is 23.2 Å². The lowest BCUT2D eigenvalue weighted by Gasteiger charge is -2.25. The molecule has 34 heavy (non-hydrogen) atoms. The van der Waals surface area contributed by atoms with E-state index >= 15 is 0 Å². The summed E-state index contributed by atoms with van der Waals surface area (Å²) in [6, 6.07) is 5.53. The van der Waals surface area contributed by atoms with E-state index in [4.69, 9.17) is 23.2 Å². The van der Waals surface area contributed by atoms with Gasteiger partial charge in [-0.3, -0.25) is 4.79 Å². The van der Waals surface area contributed by atoms with Gasteiger partial charge in [-0.2, -0.15) is 13.2 Å². The lowest BCUT2D eigenvalue weighted by Crippen LogP contribution is -2.16. The molecule has 0 unspecified atom stereocenters. The highest BCUT2D eigenvalue weighted by Gasteiger charge is 2.32. The Morgan fingerprint density at radius 1 is 1.15 bits per heavy atom. The first-order chi connectivity index (χ1) is 16.0. The van der Waals surface area contributed by atoms with Crippen molar-refractivity contribution >= 4 is 40.0 Å². The topological polar surface area (TPSA) is 34.9 Å². The fourth-order valence-electron chi connectivity index (χ4n) is 4.87. The maximum Gasteiger partial charge on any atom is 0.416 e. The summed E-state index contributed by atoms with van der Waals surface area (Å²) >= 11 is 13.1. The number of imidazole rings is 1. The summed E-state index contributed by atoms with van der Waals surface area (Å²) in [5.41, 5.74) is 1.60. The van der Waals surface area contributed by atoms with Gasteiger partial charge in [0.25, 0.3) is 0 Å². The van der Waals surface area contributed by atoms with Gasteiger partial charge in [0, 0.05) is 30.5 Å². The van der Waals surface area contributed by atoms with Gasteiger partial charge >= 0.3 is 6.18 Å². The number of carbonyl (C=O) groups is 1. The quantitative estimate of drug-likeness (QED) is 0.324. The molecule has 4 rings (SSSR count). The third-order valence-corrected chi connectivity index (χ3v) is 7.81. The molecule has 1 aromatic heterocycles. The first-order valence-corrected chi connectivity index (χ1v) is 12.2. The second kappa shape index (κ2) is 9.54. The van der Waals surface area contributed by atoms with E-state index in [2.05, 4.69) is 11.9 Å². The summed E-state index contributed by atoms with van der Waals surface area (Å²) in [6.45, 7) is 3.85. The van der Waals surface area contributed by atoms with Crippen LogP contribution in [0.4, 0.5) is 13.2 Å². The monoisotopic (exact) mass is 510 g/mol. The number of ketones is 1. The van der Waals surface area contributed by atoms with Crippen LogP contribution in [0.3, 0.4) is 0 Å². The van der Waals surface area contributed by atoms with Crippen LogP contribution in [0.2, 0.25) is 10.0 Å². The molecule has 182 valence electrons. The number of benzene rings is 2. The van der Waals surface area contributed by atoms with Crippen molar-refractivity contribution in [3.63, 3.8) is 0 Å². The molecule has 1 aliphatic rings. The molecule has 2 aromatic carbocycles. The Kier molecular flexibility index (Phi) is 7.03. The molecule has 3 nitrogen and oxygen atoms in total. The van der Waals surface area contributed by atoms with Crippen LogP contribution < -0.4 is 0 Å². The Morgan fingerprint density at radius 3 is 2.47 bits per heavy atom. The van der Waals surface area contributed by atoms with Gasteiger partial charge in [0.15, 0.2) is 5.78 Å². The van der Waals surface area contributed by atoms with Crippen molar-refractivity contribution in [3.8, 4) is 0 Å². The molecule has 0 aliphatic heterocycles. The number of halogens is 5. The number of alkyl halides is 3. The Bertz CT molecular complexity index is 1240. The SMILES string of the molecule is Cc1cc(C(F)(F)F)cc2c1nc(Cc1c(Cl)ccc(C(=O)CC3CCC(C)CC3)c1Cl)n2C. The van der Waals surface area contributed by atoms with E-state index in [1.807, 2.05) is 0 Å². The van der Waals surface area contributed by atoms with Crippen LogP contribution in [0.1, 0.15) is 71.9 Å². The second-order valence-electron chi connectivity index (χ2n) is 9.56. The van der Waals surface area contributed by atoms with Crippen LogP contribution in [0, 0.1) is 18.8 Å². The number of Topliss-reactive ketones (excluding diaryl/α,β-unsaturated/α-hetero) is 1. The second-order valence-corrected chi connectivity index (χ2v) is 10.3. The lowest BCUT2D eigenvalue weighted by molar-refractivity contribution is -0.137. The molecule has 0 atom stereocenters. The summed E-state index contributed by atoms with van der Waals surface area (Å²) in [6.07, 6.45) is 0.583. The highest BCUT2D eigenvalue weighted by Crippen LogP contribution is 2.36. The summed E-state index contributed by atoms with van der Waals surface area (Å²) < 4.78 is 41.5. The van der Waals surface area contributed by atoms with Gasteiger partial charge in [-0.1, -0.05) is 43.0 Å². The Labute approximate surface area is 207 Å². The number of aryl methyl sites for hydroxylation is 2. The Balaban J connectivity index is 1.65. The molecule has 1 heterocycles. The average Bonchev–Trinajstić information content (AvgIpc) is 3.08. The Hall–Kier alpha value is -2.05. The molecule has 0 N–H and O–H groups in total. The third-order valence-electron chi connectivity index (χ3n) is 7.03. The molecule has 3 aromatic rings. The number of aromatic nitrogens is 2. The maximum atomic E-state index is 13.3. The molecule has 1 saturated carbocycles. The summed E-state index contributed by atoms with van der Waals surface area (Å²) in [4.78, 5) is 17.6. The van der Waals surface area contributed by atoms with E-state index in [0.29, 0.717) is 61.9 Å². The molecule has 0 spiro atoms. The normalized spacial score (nSPS) is 19.1. The summed E-state index contributed by atoms with van der Waals surface area (Å²) in [7, 11) is 1.67. The maximum absolute atomic E-state index is 13.3. The highest BCUT2D eigenvalue weighted by molar-refractivity contribution is 6.38. The van der Waals surface area contributed by atoms with Gasteiger partial charge in [-0.15, -0.1) is 0 Å². The number of hydrogen-bond acceptors (Lipinski definition) is 2. The van der Waals surface area contributed by atoms with Crippen LogP contribution in [0.25, 0.3) is 11.0 Å². The standard InChI is InChI=1S/C26H27Cl2F3N2O/c1-14-4-6-16(7-5-14)11-22(34)18-8-9-20(27)19(24(18)28)13-23-32-25-15(2)10-17(26(29,30)31)12-21(25)33(23)3/h8-10,12,14,16H,4-7,11,13H2,1-3H3. The number of nitrogens with zero attached hydrogens (tertiary/aromatic N) is 2. The van der Waals surface area contributed by atoms with Crippen molar-refractivity contribution in [2.45, 2.75) is 58.5 Å². The van der Waals surface area contributed by atoms with Gasteiger partial charge in [-0.05, 0) is 67.0 Å². The zero-order chi connectivity index (χ0) is 24.8. The molecule has 0 bridgehead atoms. The van der Waals surface area contributed by atoms with Crippen LogP contribution in [0.15, 0.2) is 24.3 Å². The van der Waals surface area contributed by atoms with Crippen molar-refractivity contribution < 1.29 is 18.0 Å². The third kappa shape index (κ3) is 4.99. The first kappa shape index (κ1) is 25.1. The number of rotatable bonds is 5. The molecule has 8 heteroatoms. The van der Waals surface area contributed by atoms with E-state index in [9.17, 15) is 18.0 Å². The lowest BCUT2D eigenvalue weighted by atomic mass is 9.80. The zero-order valence-corrected chi connectivity index (χ0v) is 20.9. The van der Waals surface area contributed by atoms with Crippen molar-refractivity contribution in [2.75, 3.05) is 0 Å². The molecule has 1 aliphatic carbocycles. The number of fused-ring (bicyclic) bond motifs is 1. The molecular weight excluding hydrogens is 484 g/mol. The Morgan fingerprint density at radius 2 is 1.82 bits per heavy atom. The van der Waals surface area contributed by atoms with Gasteiger partial charge < -0.3 is 4.57 Å². The summed E-state index contributed by atoms with van der Waals surface area (Å²) in [5.74, 6) is 1.59. The van der Waals surface area contributed by atoms with E-state index in [0.717, 1.165) is 37.8 Å². The number of carbonyl (C=O) groups excluding carboxylic acids is 1. The van der Waals surface area contributed by atoms with E-state index in [1.54, 1.807) is 30.7 Å². The zero-order valence-electron chi connectivity index (χ0n) is 19.4. The molecule has 0 amide bonds. The van der Waals surface area contributed by atoms with Crippen molar-refractivity contribution in [1.82, 2.24) is 9.55 Å². The minimum Gasteiger partial charge on any atom is -0.331 e. The van der Waals surface area contributed by atoms with Crippen molar-refractivity contribution in [3.05, 3.63) is 62.4 Å². The van der Waals surface area contributed by atoms with Gasteiger partial charge in [-0.25, -0.2) is 4.98 Å². The van der Waals surface area contributed by atoms with Gasteiger partial charge in [0.05, 0.1) is 21.6 Å². The predicted octanol–water partition coefficient (Wildman–Crippen LogP) is 8.20. The van der Waals surface area contributed by atoms with E-state index in [-0.39, 0.29) is 12.2 Å². The predicted molar refractivity (Wildman–Crippen MR) is 130 cm³/mol. The molecule has 1 fully saturated rings. The largest absolute Gasteiger partial charge is 0.416 e. The average molecular weight is 511 g/mol. The fraction of sp³-hybridized carbons (Fsp3) is 0.462. The first-order valence-electron chi connectivity index (χ1n) is 11.5. The fourth-order valence-corrected chi connectivity index (χ4v) is 5.48. The molecule has 0 saturated heterocycles. The van der Waals surface area contributed by atoms with Gasteiger partial charge in [0.2, 0.25) is 0 Å². The molecule has 0 radical (unpaired) electrons. The highest BCUT2D eigenvalue weighted by atomic mass is 35.5. The van der Waals surface area contributed by atoms with Crippen molar-refractivity contribution in [1.29, 1.82) is 0 Å². The smallest absolute Gasteiger partial charge is 0.331 e. The minimum absolute atomic E-state index is 0.00173. The van der Waals surface area contributed by atoms with E-state index < -0.39 is 11.7 Å². The van der Waals surface area contributed by atoms with Crippen LogP contribution in [-0.2, 0) is 19.6 Å². The van der Waals surface area contributed by atoms with Gasteiger partial charge in [0.1, 0.15) is 5.82 Å². The van der Waals surface area contributed by atoms with Crippen molar-refractivity contribution in [2.24, 2.45) is 18.9 Å². The summed E-state index contributed by atoms with van der Waals surface area (Å²) in [5, 5.41) is 0.689. The van der Waals surface area contributed by atoms with E-state index in [1.165, 1.54) is 0 Å². The van der Waals surface area contributed by atoms with Crippen LogP contribution in [0.5, 0.6) is 0 Å².